The molecule has 192 valence electrons. The van der Waals surface area contributed by atoms with Gasteiger partial charge in [-0.05, 0) is 59.7 Å². The maximum Gasteiger partial charge on any atom is 0.154 e. The molecule has 7 rings (SSSR count). The predicted octanol–water partition coefficient (Wildman–Crippen LogP) is 2.60. The van der Waals surface area contributed by atoms with E-state index in [1.54, 1.807) is 0 Å². The van der Waals surface area contributed by atoms with Crippen LogP contribution in [0, 0.1) is 0 Å². The number of carbonyl (C=O) groups is 2. The average Bonchev–Trinajstić information content (AvgIpc) is 3.81. The van der Waals surface area contributed by atoms with Gasteiger partial charge in [-0.2, -0.15) is 0 Å². The number of aldehydes is 2. The molecule has 0 radical (unpaired) electrons. The van der Waals surface area contributed by atoms with Crippen LogP contribution in [0.4, 0.5) is 0 Å². The van der Waals surface area contributed by atoms with E-state index in [0.717, 1.165) is 56.9 Å². The minimum absolute atomic E-state index is 0.528. The molecule has 6 nitrogen and oxygen atoms in total. The van der Waals surface area contributed by atoms with Gasteiger partial charge in [-0.25, -0.2) is 0 Å². The molecule has 40 heavy (non-hydrogen) atoms. The highest BCUT2D eigenvalue weighted by molar-refractivity contribution is 6.06. The summed E-state index contributed by atoms with van der Waals surface area (Å²) in [5.41, 5.74) is 8.01. The molecule has 6 heteroatoms. The number of hydrogen-bond acceptors (Lipinski definition) is 2. The largest absolute Gasteiger partial charge is 0.354 e. The molecule has 5 heterocycles. The van der Waals surface area contributed by atoms with Crippen LogP contribution in [0.2, 0.25) is 0 Å². The summed E-state index contributed by atoms with van der Waals surface area (Å²) >= 11 is 0. The lowest BCUT2D eigenvalue weighted by Crippen LogP contribution is -2.19. The number of H-pyrrole nitrogens is 4. The van der Waals surface area contributed by atoms with E-state index in [9.17, 15) is 9.59 Å². The second kappa shape index (κ2) is 9.60. The van der Waals surface area contributed by atoms with Crippen molar-refractivity contribution in [2.24, 2.45) is 0 Å². The zero-order valence-corrected chi connectivity index (χ0v) is 21.4. The lowest BCUT2D eigenvalue weighted by molar-refractivity contribution is -0.104. The number of hydrogen-bond donors (Lipinski definition) is 4. The Labute approximate surface area is 228 Å². The molecule has 0 amide bonds. The first kappa shape index (κ1) is 23.5. The third kappa shape index (κ3) is 3.90. The van der Waals surface area contributed by atoms with Gasteiger partial charge in [0, 0.05) is 33.2 Å². The normalized spacial score (nSPS) is 13.0. The zero-order valence-electron chi connectivity index (χ0n) is 21.4. The fourth-order valence-electron chi connectivity index (χ4n) is 5.46. The number of fused-ring (bicyclic) bond motifs is 8. The molecule has 0 saturated heterocycles. The number of benzene rings is 2. The molecule has 0 saturated carbocycles. The van der Waals surface area contributed by atoms with Gasteiger partial charge in [0.05, 0.1) is 33.2 Å². The first-order chi connectivity index (χ1) is 19.7. The van der Waals surface area contributed by atoms with Gasteiger partial charge in [-0.1, -0.05) is 60.7 Å². The van der Waals surface area contributed by atoms with Crippen molar-refractivity contribution >= 4 is 34.9 Å². The third-order valence-electron chi connectivity index (χ3n) is 7.34. The van der Waals surface area contributed by atoms with Crippen LogP contribution < -0.4 is 21.4 Å². The summed E-state index contributed by atoms with van der Waals surface area (Å²) in [6, 6.07) is 35.7. The van der Waals surface area contributed by atoms with E-state index in [1.807, 2.05) is 109 Å². The molecule has 6 aromatic rings. The Morgan fingerprint density at radius 3 is 1.15 bits per heavy atom. The standard InChI is InChI=1S/C34H24N4O2/c39-19-23-25-11-15-29(35-25)33(21-7-3-1-4-8-21)30-16-12-26(36-30)24(20-40)28-14-18-32(38-28)34(22-9-5-2-6-10-22)31-17-13-27(23)37-31/h1-20,35-38H. The summed E-state index contributed by atoms with van der Waals surface area (Å²) < 4.78 is 0. The molecule has 2 aromatic carbocycles. The van der Waals surface area contributed by atoms with E-state index in [2.05, 4.69) is 19.9 Å². The van der Waals surface area contributed by atoms with Gasteiger partial charge in [0.1, 0.15) is 0 Å². The molecule has 4 aromatic heterocycles. The van der Waals surface area contributed by atoms with Crippen LogP contribution in [0.5, 0.6) is 0 Å². The monoisotopic (exact) mass is 520 g/mol. The van der Waals surface area contributed by atoms with E-state index in [-0.39, 0.29) is 0 Å². The maximum absolute atomic E-state index is 12.4. The molecule has 0 fully saturated rings. The smallest absolute Gasteiger partial charge is 0.154 e. The van der Waals surface area contributed by atoms with Crippen LogP contribution in [0.15, 0.2) is 109 Å². The fourth-order valence-corrected chi connectivity index (χ4v) is 5.46. The van der Waals surface area contributed by atoms with E-state index in [0.29, 0.717) is 33.2 Å². The molecule has 0 spiro atoms. The fraction of sp³-hybridized carbons (Fsp3) is 0. The molecule has 4 N–H and O–H groups in total. The van der Waals surface area contributed by atoms with Gasteiger partial charge in [0.15, 0.2) is 12.6 Å². The van der Waals surface area contributed by atoms with Crippen molar-refractivity contribution in [3.05, 3.63) is 164 Å². The summed E-state index contributed by atoms with van der Waals surface area (Å²) in [7, 11) is 0. The molecule has 1 aliphatic rings. The quantitative estimate of drug-likeness (QED) is 0.269. The Bertz CT molecular complexity index is 1980. The van der Waals surface area contributed by atoms with E-state index in [1.165, 1.54) is 0 Å². The Balaban J connectivity index is 1.62. The van der Waals surface area contributed by atoms with Crippen molar-refractivity contribution in [3.8, 4) is 0 Å². The van der Waals surface area contributed by atoms with Crippen molar-refractivity contribution in [2.45, 2.75) is 0 Å². The molecule has 0 atom stereocenters. The molecular formula is C34H24N4O2. The highest BCUT2D eigenvalue weighted by atomic mass is 16.1. The first-order valence-electron chi connectivity index (χ1n) is 13.0. The minimum atomic E-state index is 0.528. The maximum atomic E-state index is 12.4. The van der Waals surface area contributed by atoms with Crippen molar-refractivity contribution in [3.63, 3.8) is 0 Å². The van der Waals surface area contributed by atoms with Crippen molar-refractivity contribution in [2.75, 3.05) is 0 Å². The first-order valence-corrected chi connectivity index (χ1v) is 13.0. The van der Waals surface area contributed by atoms with Crippen LogP contribution in [-0.2, 0) is 9.59 Å². The van der Waals surface area contributed by atoms with Crippen LogP contribution in [0.3, 0.4) is 0 Å². The lowest BCUT2D eigenvalue weighted by Gasteiger charge is -2.07. The van der Waals surface area contributed by atoms with E-state index < -0.39 is 0 Å². The third-order valence-corrected chi connectivity index (χ3v) is 7.34. The van der Waals surface area contributed by atoms with Gasteiger partial charge in [-0.3, -0.25) is 9.59 Å². The second-order valence-electron chi connectivity index (χ2n) is 9.69. The molecule has 0 unspecified atom stereocenters. The Morgan fingerprint density at radius 1 is 0.375 bits per heavy atom. The summed E-state index contributed by atoms with van der Waals surface area (Å²) in [6.07, 6.45) is 1.76. The topological polar surface area (TPSA) is 97.3 Å². The lowest BCUT2D eigenvalue weighted by atomic mass is 10.0. The van der Waals surface area contributed by atoms with Crippen LogP contribution in [0.1, 0.15) is 33.9 Å². The number of rotatable bonds is 4. The van der Waals surface area contributed by atoms with Crippen molar-refractivity contribution in [1.29, 1.82) is 0 Å². The van der Waals surface area contributed by atoms with Crippen LogP contribution >= 0.6 is 0 Å². The summed E-state index contributed by atoms with van der Waals surface area (Å²) in [4.78, 5) is 38.8. The molecule has 8 bridgehead atoms. The molecule has 1 aliphatic heterocycles. The number of aromatic nitrogens is 4. The van der Waals surface area contributed by atoms with Crippen LogP contribution in [0.25, 0.3) is 22.3 Å². The van der Waals surface area contributed by atoms with E-state index >= 15 is 0 Å². The van der Waals surface area contributed by atoms with Gasteiger partial charge < -0.3 is 19.9 Å². The molecule has 0 aliphatic carbocycles. The van der Waals surface area contributed by atoms with Crippen molar-refractivity contribution in [1.82, 2.24) is 19.9 Å². The van der Waals surface area contributed by atoms with Gasteiger partial charge >= 0.3 is 0 Å². The van der Waals surface area contributed by atoms with Gasteiger partial charge in [-0.15, -0.1) is 0 Å². The SMILES string of the molecule is O=CC1=c2ccc([nH]2)=C(c2ccccc2)c2ccc([nH]2)C(C=O)=c2ccc([nH]2)=C(c2ccccc2)c2ccc1[nH]2. The average molecular weight is 521 g/mol. The number of aromatic amines is 4. The summed E-state index contributed by atoms with van der Waals surface area (Å²) in [5.74, 6) is 0. The van der Waals surface area contributed by atoms with Gasteiger partial charge in [0.25, 0.3) is 0 Å². The number of carbonyl (C=O) groups excluding carboxylic acids is 2. The Kier molecular flexibility index (Phi) is 5.64. The predicted molar refractivity (Wildman–Crippen MR) is 155 cm³/mol. The highest BCUT2D eigenvalue weighted by Crippen LogP contribution is 2.23. The minimum Gasteiger partial charge on any atom is -0.354 e. The summed E-state index contributed by atoms with van der Waals surface area (Å²) in [5, 5.41) is 3.10. The number of nitrogens with one attached hydrogen (secondary N) is 4. The Morgan fingerprint density at radius 2 is 0.750 bits per heavy atom. The van der Waals surface area contributed by atoms with Gasteiger partial charge in [0.2, 0.25) is 0 Å². The Hall–Kier alpha value is -5.62. The van der Waals surface area contributed by atoms with Crippen LogP contribution in [-0.4, -0.2) is 32.5 Å². The second-order valence-corrected chi connectivity index (χ2v) is 9.69. The van der Waals surface area contributed by atoms with Crippen molar-refractivity contribution < 1.29 is 9.59 Å². The zero-order chi connectivity index (χ0) is 27.1. The van der Waals surface area contributed by atoms with E-state index in [4.69, 9.17) is 0 Å². The summed E-state index contributed by atoms with van der Waals surface area (Å²) in [6.45, 7) is 0. The molecular weight excluding hydrogens is 496 g/mol. The highest BCUT2D eigenvalue weighted by Gasteiger charge is 2.16.